The second-order valence-corrected chi connectivity index (χ2v) is 10.1. The molecule has 32 heavy (non-hydrogen) atoms. The average Bonchev–Trinajstić information content (AvgIpc) is 2.77. The Balaban J connectivity index is 0.00000363. The van der Waals surface area contributed by atoms with Crippen molar-refractivity contribution in [3.63, 3.8) is 0 Å². The first-order chi connectivity index (χ1) is 14.7. The number of aryl methyl sites for hydroxylation is 1. The number of hydroxylamine groups is 1. The van der Waals surface area contributed by atoms with Gasteiger partial charge in [-0.3, -0.25) is 14.9 Å². The van der Waals surface area contributed by atoms with Gasteiger partial charge in [0.2, 0.25) is 0 Å². The van der Waals surface area contributed by atoms with E-state index >= 15 is 0 Å². The highest BCUT2D eigenvalue weighted by molar-refractivity contribution is 7.93. The molecule has 10 heteroatoms. The fourth-order valence-corrected chi connectivity index (χ4v) is 5.72. The van der Waals surface area contributed by atoms with Crippen LogP contribution in [0.3, 0.4) is 0 Å². The fourth-order valence-electron chi connectivity index (χ4n) is 3.65. The maximum Gasteiger partial charge on any atom is 0.265 e. The van der Waals surface area contributed by atoms with Gasteiger partial charge >= 0.3 is 0 Å². The van der Waals surface area contributed by atoms with Crippen molar-refractivity contribution < 1.29 is 23.2 Å². The number of halogens is 2. The van der Waals surface area contributed by atoms with Crippen LogP contribution in [-0.2, 0) is 14.6 Å². The maximum atomic E-state index is 13.4. The van der Waals surface area contributed by atoms with Crippen LogP contribution in [0, 0.1) is 19.3 Å². The molecule has 2 aromatic carbocycles. The molecule has 3 rings (SSSR count). The van der Waals surface area contributed by atoms with Crippen LogP contribution in [-0.4, -0.2) is 48.8 Å². The number of benzene rings is 2. The zero-order valence-corrected chi connectivity index (χ0v) is 19.8. The van der Waals surface area contributed by atoms with E-state index in [0.717, 1.165) is 5.56 Å². The van der Waals surface area contributed by atoms with Crippen molar-refractivity contribution in [1.29, 1.82) is 0 Å². The van der Waals surface area contributed by atoms with Gasteiger partial charge in [0.1, 0.15) is 11.5 Å². The number of rotatable bonds is 6. The summed E-state index contributed by atoms with van der Waals surface area (Å²) in [6, 6.07) is 11.0. The standard InChI is InChI=1S/C22H23ClN2O5S.ClH/c1-3-12-25-13-10-22(11-14-25,21(26)24-27)31(28,29)19-7-4-17(5-8-19)30-18-6-9-20(23)16(2)15-18;/h1,4-9,15,27H,10-14H2,2H3,(H,24,26);1H. The highest BCUT2D eigenvalue weighted by Gasteiger charge is 2.52. The predicted molar refractivity (Wildman–Crippen MR) is 124 cm³/mol. The van der Waals surface area contributed by atoms with E-state index in [0.29, 0.717) is 36.2 Å². The van der Waals surface area contributed by atoms with Gasteiger partial charge in [0, 0.05) is 18.1 Å². The number of nitrogens with one attached hydrogen (secondary N) is 1. The lowest BCUT2D eigenvalue weighted by atomic mass is 9.95. The van der Waals surface area contributed by atoms with Crippen LogP contribution in [0.1, 0.15) is 18.4 Å². The quantitative estimate of drug-likeness (QED) is 0.358. The summed E-state index contributed by atoms with van der Waals surface area (Å²) >= 11 is 6.02. The van der Waals surface area contributed by atoms with E-state index in [-0.39, 0.29) is 30.1 Å². The van der Waals surface area contributed by atoms with Gasteiger partial charge in [-0.1, -0.05) is 17.5 Å². The van der Waals surface area contributed by atoms with Gasteiger partial charge < -0.3 is 4.74 Å². The van der Waals surface area contributed by atoms with Crippen molar-refractivity contribution in [3.8, 4) is 23.8 Å². The van der Waals surface area contributed by atoms with Gasteiger partial charge in [-0.05, 0) is 67.8 Å². The highest BCUT2D eigenvalue weighted by Crippen LogP contribution is 2.37. The molecule has 0 radical (unpaired) electrons. The summed E-state index contributed by atoms with van der Waals surface area (Å²) in [6.45, 7) is 2.88. The van der Waals surface area contributed by atoms with E-state index in [1.807, 2.05) is 11.8 Å². The zero-order valence-electron chi connectivity index (χ0n) is 17.4. The Kier molecular flexibility index (Phi) is 8.57. The van der Waals surface area contributed by atoms with E-state index in [4.69, 9.17) is 22.8 Å². The number of hydrogen-bond acceptors (Lipinski definition) is 6. The molecule has 1 aliphatic rings. The molecule has 0 aliphatic carbocycles. The molecule has 172 valence electrons. The van der Waals surface area contributed by atoms with Crippen molar-refractivity contribution in [1.82, 2.24) is 10.4 Å². The second-order valence-electron chi connectivity index (χ2n) is 7.40. The largest absolute Gasteiger partial charge is 0.457 e. The fraction of sp³-hybridized carbons (Fsp3) is 0.318. The first-order valence-electron chi connectivity index (χ1n) is 9.62. The number of piperidine rings is 1. The van der Waals surface area contributed by atoms with E-state index in [1.165, 1.54) is 29.7 Å². The Hall–Kier alpha value is -2.28. The normalized spacial score (nSPS) is 15.8. The molecule has 0 bridgehead atoms. The number of likely N-dealkylation sites (tertiary alicyclic amines) is 1. The summed E-state index contributed by atoms with van der Waals surface area (Å²) in [5.41, 5.74) is 2.39. The lowest BCUT2D eigenvalue weighted by Gasteiger charge is -2.38. The third-order valence-electron chi connectivity index (χ3n) is 5.51. The molecule has 0 saturated carbocycles. The summed E-state index contributed by atoms with van der Waals surface area (Å²) in [5.74, 6) is 2.58. The SMILES string of the molecule is C#CCN1CCC(C(=O)NO)(S(=O)(=O)c2ccc(Oc3ccc(Cl)c(C)c3)cc2)CC1.Cl. The molecule has 2 N–H and O–H groups in total. The number of nitrogens with zero attached hydrogens (tertiary/aromatic N) is 1. The van der Waals surface area contributed by atoms with Crippen LogP contribution in [0.4, 0.5) is 0 Å². The van der Waals surface area contributed by atoms with E-state index in [9.17, 15) is 18.4 Å². The number of hydrogen-bond donors (Lipinski definition) is 2. The first-order valence-corrected chi connectivity index (χ1v) is 11.5. The molecule has 1 fully saturated rings. The van der Waals surface area contributed by atoms with Gasteiger partial charge in [0.15, 0.2) is 14.6 Å². The molecule has 0 spiro atoms. The van der Waals surface area contributed by atoms with Crippen molar-refractivity contribution in [2.45, 2.75) is 29.4 Å². The van der Waals surface area contributed by atoms with Crippen molar-refractivity contribution >= 4 is 39.8 Å². The minimum absolute atomic E-state index is 0. The molecule has 0 aromatic heterocycles. The minimum Gasteiger partial charge on any atom is -0.457 e. The Morgan fingerprint density at radius 1 is 1.22 bits per heavy atom. The van der Waals surface area contributed by atoms with Crippen LogP contribution in [0.2, 0.25) is 5.02 Å². The molecule has 0 unspecified atom stereocenters. The van der Waals surface area contributed by atoms with Gasteiger partial charge in [-0.15, -0.1) is 18.8 Å². The third kappa shape index (κ3) is 5.03. The second kappa shape index (κ2) is 10.6. The Labute approximate surface area is 199 Å². The Morgan fingerprint density at radius 3 is 2.34 bits per heavy atom. The molecule has 1 amide bonds. The topological polar surface area (TPSA) is 95.9 Å². The van der Waals surface area contributed by atoms with Gasteiger partial charge in [0.05, 0.1) is 11.4 Å². The molecule has 1 saturated heterocycles. The van der Waals surface area contributed by atoms with E-state index < -0.39 is 20.5 Å². The summed E-state index contributed by atoms with van der Waals surface area (Å²) in [4.78, 5) is 14.4. The number of carbonyl (C=O) groups is 1. The average molecular weight is 499 g/mol. The van der Waals surface area contributed by atoms with E-state index in [2.05, 4.69) is 5.92 Å². The Morgan fingerprint density at radius 2 is 1.81 bits per heavy atom. The first kappa shape index (κ1) is 26.0. The van der Waals surface area contributed by atoms with Crippen molar-refractivity contribution in [2.24, 2.45) is 0 Å². The molecule has 0 atom stereocenters. The summed E-state index contributed by atoms with van der Waals surface area (Å²) < 4.78 is 30.9. The van der Waals surface area contributed by atoms with Gasteiger partial charge in [-0.2, -0.15) is 0 Å². The number of sulfone groups is 1. The van der Waals surface area contributed by atoms with Crippen molar-refractivity contribution in [2.75, 3.05) is 19.6 Å². The van der Waals surface area contributed by atoms with E-state index in [1.54, 1.807) is 18.2 Å². The molecule has 1 heterocycles. The summed E-state index contributed by atoms with van der Waals surface area (Å²) in [7, 11) is -4.10. The lowest BCUT2D eigenvalue weighted by Crippen LogP contribution is -2.57. The van der Waals surface area contributed by atoms with Gasteiger partial charge in [0.25, 0.3) is 5.91 Å². The summed E-state index contributed by atoms with van der Waals surface area (Å²) in [6.07, 6.45) is 5.37. The maximum absolute atomic E-state index is 13.4. The van der Waals surface area contributed by atoms with Crippen LogP contribution in [0.25, 0.3) is 0 Å². The Bertz CT molecular complexity index is 1110. The van der Waals surface area contributed by atoms with Crippen molar-refractivity contribution in [3.05, 3.63) is 53.1 Å². The van der Waals surface area contributed by atoms with Crippen LogP contribution >= 0.6 is 24.0 Å². The van der Waals surface area contributed by atoms with Crippen LogP contribution in [0.15, 0.2) is 47.4 Å². The highest BCUT2D eigenvalue weighted by atomic mass is 35.5. The molecular formula is C22H24Cl2N2O5S. The summed E-state index contributed by atoms with van der Waals surface area (Å²) in [5, 5.41) is 9.86. The van der Waals surface area contributed by atoms with Gasteiger partial charge in [-0.25, -0.2) is 13.9 Å². The molecular weight excluding hydrogens is 475 g/mol. The molecule has 1 aliphatic heterocycles. The zero-order chi connectivity index (χ0) is 22.6. The predicted octanol–water partition coefficient (Wildman–Crippen LogP) is 3.61. The number of carbonyl (C=O) groups excluding carboxylic acids is 1. The van der Waals surface area contributed by atoms with Crippen LogP contribution < -0.4 is 10.2 Å². The third-order valence-corrected chi connectivity index (χ3v) is 8.45. The molecule has 2 aromatic rings. The minimum atomic E-state index is -4.10. The number of amides is 1. The number of terminal acetylenes is 1. The van der Waals surface area contributed by atoms with Crippen LogP contribution in [0.5, 0.6) is 11.5 Å². The smallest absolute Gasteiger partial charge is 0.265 e. The number of ether oxygens (including phenoxy) is 1. The monoisotopic (exact) mass is 498 g/mol. The lowest BCUT2D eigenvalue weighted by molar-refractivity contribution is -0.133. The molecule has 7 nitrogen and oxygen atoms in total.